The summed E-state index contributed by atoms with van der Waals surface area (Å²) < 4.78 is 0. The SMILES string of the molecule is NCCCCNC(=O)CSCc1nc2sc3c(c2c(=O)[nH]1)CCCC3. The molecule has 1 aliphatic rings. The van der Waals surface area contributed by atoms with Crippen molar-refractivity contribution in [1.29, 1.82) is 0 Å². The number of amides is 1. The molecule has 0 fully saturated rings. The van der Waals surface area contributed by atoms with E-state index in [1.54, 1.807) is 11.3 Å². The number of carbonyl (C=O) groups is 1. The standard InChI is InChI=1S/C17H24N4O2S2/c18-7-3-4-8-19-14(22)10-24-9-13-20-16(23)15-11-5-1-2-6-12(11)25-17(15)21-13/h1-10,18H2,(H,19,22)(H,20,21,23). The highest BCUT2D eigenvalue weighted by atomic mass is 32.2. The average molecular weight is 381 g/mol. The summed E-state index contributed by atoms with van der Waals surface area (Å²) in [4.78, 5) is 33.9. The van der Waals surface area contributed by atoms with Gasteiger partial charge < -0.3 is 16.0 Å². The van der Waals surface area contributed by atoms with E-state index in [1.165, 1.54) is 28.6 Å². The number of aryl methyl sites for hydroxylation is 2. The minimum atomic E-state index is -0.0359. The van der Waals surface area contributed by atoms with E-state index in [2.05, 4.69) is 15.3 Å². The first kappa shape index (κ1) is 18.4. The number of thioether (sulfide) groups is 1. The Morgan fingerprint density at radius 2 is 2.16 bits per heavy atom. The van der Waals surface area contributed by atoms with Crippen molar-refractivity contribution in [2.24, 2.45) is 5.73 Å². The summed E-state index contributed by atoms with van der Waals surface area (Å²) in [6.45, 7) is 1.32. The van der Waals surface area contributed by atoms with Crippen molar-refractivity contribution in [2.75, 3.05) is 18.8 Å². The van der Waals surface area contributed by atoms with Gasteiger partial charge in [0.2, 0.25) is 5.91 Å². The second-order valence-electron chi connectivity index (χ2n) is 6.24. The van der Waals surface area contributed by atoms with Crippen LogP contribution in [0, 0.1) is 0 Å². The fourth-order valence-electron chi connectivity index (χ4n) is 3.07. The first-order valence-electron chi connectivity index (χ1n) is 8.77. The van der Waals surface area contributed by atoms with Crippen molar-refractivity contribution >= 4 is 39.2 Å². The lowest BCUT2D eigenvalue weighted by molar-refractivity contribution is -0.118. The molecule has 1 aliphatic carbocycles. The van der Waals surface area contributed by atoms with Crippen LogP contribution in [0.5, 0.6) is 0 Å². The zero-order chi connectivity index (χ0) is 17.6. The molecule has 2 aromatic heterocycles. The Labute approximate surface area is 155 Å². The number of hydrogen-bond donors (Lipinski definition) is 3. The van der Waals surface area contributed by atoms with Gasteiger partial charge >= 0.3 is 0 Å². The molecule has 136 valence electrons. The molecular weight excluding hydrogens is 356 g/mol. The third-order valence-electron chi connectivity index (χ3n) is 4.30. The van der Waals surface area contributed by atoms with Crippen LogP contribution in [0.2, 0.25) is 0 Å². The van der Waals surface area contributed by atoms with Gasteiger partial charge in [0.15, 0.2) is 0 Å². The molecule has 0 radical (unpaired) electrons. The van der Waals surface area contributed by atoms with E-state index in [0.717, 1.165) is 42.3 Å². The second kappa shape index (κ2) is 8.82. The summed E-state index contributed by atoms with van der Waals surface area (Å²) in [5, 5.41) is 3.66. The monoisotopic (exact) mass is 380 g/mol. The number of nitrogens with zero attached hydrogens (tertiary/aromatic N) is 1. The summed E-state index contributed by atoms with van der Waals surface area (Å²) in [6, 6.07) is 0. The zero-order valence-electron chi connectivity index (χ0n) is 14.2. The summed E-state index contributed by atoms with van der Waals surface area (Å²) >= 11 is 3.12. The van der Waals surface area contributed by atoms with Crippen LogP contribution in [0.25, 0.3) is 10.2 Å². The molecular formula is C17H24N4O2S2. The van der Waals surface area contributed by atoms with E-state index >= 15 is 0 Å². The number of unbranched alkanes of at least 4 members (excludes halogenated alkanes) is 1. The molecule has 0 aromatic carbocycles. The van der Waals surface area contributed by atoms with E-state index in [9.17, 15) is 9.59 Å². The van der Waals surface area contributed by atoms with Gasteiger partial charge in [-0.05, 0) is 50.6 Å². The van der Waals surface area contributed by atoms with E-state index in [0.29, 0.717) is 30.4 Å². The second-order valence-corrected chi connectivity index (χ2v) is 8.31. The number of aromatic nitrogens is 2. The molecule has 4 N–H and O–H groups in total. The molecule has 0 aliphatic heterocycles. The van der Waals surface area contributed by atoms with Gasteiger partial charge in [-0.15, -0.1) is 23.1 Å². The lowest BCUT2D eigenvalue weighted by Gasteiger charge is -2.09. The molecule has 2 aromatic rings. The molecule has 8 heteroatoms. The number of thiophene rings is 1. The smallest absolute Gasteiger partial charge is 0.259 e. The Morgan fingerprint density at radius 1 is 1.32 bits per heavy atom. The van der Waals surface area contributed by atoms with Crippen molar-refractivity contribution in [3.05, 3.63) is 26.6 Å². The predicted octanol–water partition coefficient (Wildman–Crippen LogP) is 1.95. The zero-order valence-corrected chi connectivity index (χ0v) is 15.9. The van der Waals surface area contributed by atoms with Gasteiger partial charge in [0.05, 0.1) is 16.9 Å². The van der Waals surface area contributed by atoms with Crippen molar-refractivity contribution in [2.45, 2.75) is 44.3 Å². The molecule has 0 unspecified atom stereocenters. The molecule has 25 heavy (non-hydrogen) atoms. The molecule has 0 saturated heterocycles. The Balaban J connectivity index is 1.57. The fourth-order valence-corrected chi connectivity index (χ4v) is 5.07. The Morgan fingerprint density at radius 3 is 3.00 bits per heavy atom. The van der Waals surface area contributed by atoms with Crippen LogP contribution in [0.1, 0.15) is 41.9 Å². The van der Waals surface area contributed by atoms with Crippen molar-refractivity contribution < 1.29 is 4.79 Å². The first-order chi connectivity index (χ1) is 12.2. The molecule has 2 heterocycles. The summed E-state index contributed by atoms with van der Waals surface area (Å²) in [5.74, 6) is 1.56. The summed E-state index contributed by atoms with van der Waals surface area (Å²) in [7, 11) is 0. The van der Waals surface area contributed by atoms with Crippen molar-refractivity contribution in [3.8, 4) is 0 Å². The average Bonchev–Trinajstić information content (AvgIpc) is 2.97. The van der Waals surface area contributed by atoms with Gasteiger partial charge in [0.1, 0.15) is 10.7 Å². The largest absolute Gasteiger partial charge is 0.355 e. The van der Waals surface area contributed by atoms with Gasteiger partial charge in [-0.3, -0.25) is 9.59 Å². The number of rotatable bonds is 8. The van der Waals surface area contributed by atoms with Crippen LogP contribution >= 0.6 is 23.1 Å². The summed E-state index contributed by atoms with van der Waals surface area (Å²) in [6.07, 6.45) is 6.21. The van der Waals surface area contributed by atoms with Gasteiger partial charge in [-0.1, -0.05) is 0 Å². The maximum atomic E-state index is 12.4. The summed E-state index contributed by atoms with van der Waals surface area (Å²) in [5.41, 5.74) is 6.59. The van der Waals surface area contributed by atoms with Crippen LogP contribution in [0.15, 0.2) is 4.79 Å². The number of hydrogen-bond acceptors (Lipinski definition) is 6. The first-order valence-corrected chi connectivity index (χ1v) is 10.7. The lowest BCUT2D eigenvalue weighted by atomic mass is 9.97. The highest BCUT2D eigenvalue weighted by Gasteiger charge is 2.19. The quantitative estimate of drug-likeness (QED) is 0.608. The molecule has 0 bridgehead atoms. The molecule has 1 amide bonds. The van der Waals surface area contributed by atoms with E-state index in [4.69, 9.17) is 5.73 Å². The van der Waals surface area contributed by atoms with Crippen LogP contribution in [0.3, 0.4) is 0 Å². The fraction of sp³-hybridized carbons (Fsp3) is 0.588. The minimum absolute atomic E-state index is 0.0111. The third-order valence-corrected chi connectivity index (χ3v) is 6.43. The number of carbonyl (C=O) groups excluding carboxylic acids is 1. The molecule has 0 spiro atoms. The van der Waals surface area contributed by atoms with Crippen LogP contribution in [-0.2, 0) is 23.4 Å². The van der Waals surface area contributed by atoms with Gasteiger partial charge in [-0.25, -0.2) is 4.98 Å². The van der Waals surface area contributed by atoms with Crippen LogP contribution < -0.4 is 16.6 Å². The third kappa shape index (κ3) is 4.62. The predicted molar refractivity (Wildman–Crippen MR) is 104 cm³/mol. The Kier molecular flexibility index (Phi) is 6.50. The normalized spacial score (nSPS) is 13.8. The maximum absolute atomic E-state index is 12.4. The highest BCUT2D eigenvalue weighted by Crippen LogP contribution is 2.33. The minimum Gasteiger partial charge on any atom is -0.355 e. The maximum Gasteiger partial charge on any atom is 0.259 e. The van der Waals surface area contributed by atoms with Gasteiger partial charge in [-0.2, -0.15) is 0 Å². The highest BCUT2D eigenvalue weighted by molar-refractivity contribution is 7.99. The molecule has 0 saturated carbocycles. The van der Waals surface area contributed by atoms with Gasteiger partial charge in [0.25, 0.3) is 5.56 Å². The number of nitrogens with two attached hydrogens (primary N) is 1. The van der Waals surface area contributed by atoms with E-state index < -0.39 is 0 Å². The van der Waals surface area contributed by atoms with Crippen molar-refractivity contribution in [1.82, 2.24) is 15.3 Å². The molecule has 0 atom stereocenters. The lowest BCUT2D eigenvalue weighted by Crippen LogP contribution is -2.26. The number of aromatic amines is 1. The van der Waals surface area contributed by atoms with Crippen molar-refractivity contribution in [3.63, 3.8) is 0 Å². The Hall–Kier alpha value is -1.38. The van der Waals surface area contributed by atoms with E-state index in [-0.39, 0.29) is 11.5 Å². The Bertz CT molecular complexity index is 800. The van der Waals surface area contributed by atoms with Crippen LogP contribution in [-0.4, -0.2) is 34.7 Å². The van der Waals surface area contributed by atoms with Gasteiger partial charge in [0, 0.05) is 11.4 Å². The molecule has 3 rings (SSSR count). The topological polar surface area (TPSA) is 101 Å². The molecule has 6 nitrogen and oxygen atoms in total. The number of fused-ring (bicyclic) bond motifs is 3. The van der Waals surface area contributed by atoms with E-state index in [1.807, 2.05) is 0 Å². The number of H-pyrrole nitrogens is 1. The number of nitrogens with one attached hydrogen (secondary N) is 2. The van der Waals surface area contributed by atoms with Crippen LogP contribution in [0.4, 0.5) is 0 Å².